The van der Waals surface area contributed by atoms with Crippen molar-refractivity contribution in [3.63, 3.8) is 0 Å². The lowest BCUT2D eigenvalue weighted by molar-refractivity contribution is -0.121. The molecule has 0 unspecified atom stereocenters. The SMILES string of the molecule is Cc1ccc(C)c(S(=O)(=O)Nc2cccc(C(=O)N3CCC(C(=O)Nc4ccccc4)CC3)c2)c1. The first kappa shape index (κ1) is 24.5. The third-order valence-corrected chi connectivity index (χ3v) is 7.71. The maximum Gasteiger partial charge on any atom is 0.262 e. The molecule has 3 aromatic rings. The highest BCUT2D eigenvalue weighted by Crippen LogP contribution is 2.24. The van der Waals surface area contributed by atoms with Crippen LogP contribution in [-0.4, -0.2) is 38.2 Å². The quantitative estimate of drug-likeness (QED) is 0.527. The van der Waals surface area contributed by atoms with E-state index in [1.165, 1.54) is 0 Å². The van der Waals surface area contributed by atoms with Crippen molar-refractivity contribution < 1.29 is 18.0 Å². The van der Waals surface area contributed by atoms with Crippen molar-refractivity contribution >= 4 is 33.2 Å². The maximum absolute atomic E-state index is 13.1. The summed E-state index contributed by atoms with van der Waals surface area (Å²) >= 11 is 0. The molecule has 7 nitrogen and oxygen atoms in total. The third kappa shape index (κ3) is 5.89. The van der Waals surface area contributed by atoms with Gasteiger partial charge in [-0.05, 0) is 74.2 Å². The molecule has 0 spiro atoms. The molecule has 0 saturated carbocycles. The summed E-state index contributed by atoms with van der Waals surface area (Å²) in [5, 5.41) is 2.93. The number of nitrogens with one attached hydrogen (secondary N) is 2. The molecule has 1 fully saturated rings. The monoisotopic (exact) mass is 491 g/mol. The molecule has 2 amide bonds. The minimum absolute atomic E-state index is 0.0360. The van der Waals surface area contributed by atoms with Gasteiger partial charge in [-0.1, -0.05) is 36.4 Å². The van der Waals surface area contributed by atoms with Crippen molar-refractivity contribution in [3.05, 3.63) is 89.5 Å². The van der Waals surface area contributed by atoms with Gasteiger partial charge in [-0.3, -0.25) is 14.3 Å². The van der Waals surface area contributed by atoms with E-state index in [2.05, 4.69) is 10.0 Å². The number of amides is 2. The van der Waals surface area contributed by atoms with Crippen LogP contribution in [0.3, 0.4) is 0 Å². The highest BCUT2D eigenvalue weighted by Gasteiger charge is 2.28. The normalized spacial score (nSPS) is 14.4. The number of likely N-dealkylation sites (tertiary alicyclic amines) is 1. The molecule has 182 valence electrons. The Hall–Kier alpha value is -3.65. The van der Waals surface area contributed by atoms with Crippen LogP contribution in [0.15, 0.2) is 77.7 Å². The fraction of sp³-hybridized carbons (Fsp3) is 0.259. The Morgan fingerprint density at radius 3 is 2.26 bits per heavy atom. The van der Waals surface area contributed by atoms with E-state index in [1.54, 1.807) is 48.2 Å². The van der Waals surface area contributed by atoms with Gasteiger partial charge in [-0.25, -0.2) is 8.42 Å². The van der Waals surface area contributed by atoms with E-state index in [0.29, 0.717) is 42.7 Å². The summed E-state index contributed by atoms with van der Waals surface area (Å²) in [6.07, 6.45) is 1.15. The van der Waals surface area contributed by atoms with Crippen LogP contribution in [0, 0.1) is 19.8 Å². The molecule has 0 radical (unpaired) electrons. The fourth-order valence-corrected chi connectivity index (χ4v) is 5.60. The molecule has 1 aliphatic heterocycles. The molecule has 3 aromatic carbocycles. The lowest BCUT2D eigenvalue weighted by Gasteiger charge is -2.31. The van der Waals surface area contributed by atoms with Crippen molar-refractivity contribution in [2.24, 2.45) is 5.92 Å². The Bertz CT molecular complexity index is 1330. The number of hydrogen-bond acceptors (Lipinski definition) is 4. The molecular formula is C27H29N3O4S. The number of benzene rings is 3. The Morgan fingerprint density at radius 1 is 0.857 bits per heavy atom. The second kappa shape index (κ2) is 10.3. The minimum Gasteiger partial charge on any atom is -0.339 e. The number of piperidine rings is 1. The molecule has 35 heavy (non-hydrogen) atoms. The zero-order chi connectivity index (χ0) is 25.0. The molecule has 0 aromatic heterocycles. The number of sulfonamides is 1. The number of anilines is 2. The van der Waals surface area contributed by atoms with Crippen LogP contribution in [0.25, 0.3) is 0 Å². The summed E-state index contributed by atoms with van der Waals surface area (Å²) in [6, 6.07) is 21.1. The van der Waals surface area contributed by atoms with Crippen LogP contribution in [0.4, 0.5) is 11.4 Å². The Morgan fingerprint density at radius 2 is 1.54 bits per heavy atom. The molecule has 1 aliphatic rings. The minimum atomic E-state index is -3.80. The van der Waals surface area contributed by atoms with Crippen LogP contribution >= 0.6 is 0 Å². The van der Waals surface area contributed by atoms with Gasteiger partial charge in [-0.2, -0.15) is 0 Å². The predicted molar refractivity (Wildman–Crippen MR) is 137 cm³/mol. The fourth-order valence-electron chi connectivity index (χ4n) is 4.22. The standard InChI is InChI=1S/C27H29N3O4S/c1-19-11-12-20(2)25(17-19)35(33,34)29-24-10-6-7-22(18-24)27(32)30-15-13-21(14-16-30)26(31)28-23-8-4-3-5-9-23/h3-12,17-18,21,29H,13-16H2,1-2H3,(H,28,31). The van der Waals surface area contributed by atoms with E-state index in [0.717, 1.165) is 11.3 Å². The van der Waals surface area contributed by atoms with Gasteiger partial charge in [0, 0.05) is 35.9 Å². The van der Waals surface area contributed by atoms with Gasteiger partial charge in [0.15, 0.2) is 0 Å². The number of carbonyl (C=O) groups is 2. The van der Waals surface area contributed by atoms with Gasteiger partial charge < -0.3 is 10.2 Å². The summed E-state index contributed by atoms with van der Waals surface area (Å²) in [5.41, 5.74) is 2.98. The average Bonchev–Trinajstić information content (AvgIpc) is 2.85. The van der Waals surface area contributed by atoms with Crippen LogP contribution in [-0.2, 0) is 14.8 Å². The number of para-hydroxylation sites is 1. The number of nitrogens with zero attached hydrogens (tertiary/aromatic N) is 1. The van der Waals surface area contributed by atoms with E-state index >= 15 is 0 Å². The highest BCUT2D eigenvalue weighted by atomic mass is 32.2. The molecule has 2 N–H and O–H groups in total. The summed E-state index contributed by atoms with van der Waals surface area (Å²) in [6.45, 7) is 4.51. The molecule has 1 saturated heterocycles. The number of aryl methyl sites for hydroxylation is 2. The van der Waals surface area contributed by atoms with Crippen molar-refractivity contribution in [2.75, 3.05) is 23.1 Å². The third-order valence-electron chi connectivity index (χ3n) is 6.19. The van der Waals surface area contributed by atoms with Crippen molar-refractivity contribution in [2.45, 2.75) is 31.6 Å². The maximum atomic E-state index is 13.1. The average molecular weight is 492 g/mol. The largest absolute Gasteiger partial charge is 0.339 e. The first-order chi connectivity index (χ1) is 16.7. The summed E-state index contributed by atoms with van der Waals surface area (Å²) in [4.78, 5) is 27.6. The first-order valence-electron chi connectivity index (χ1n) is 11.6. The highest BCUT2D eigenvalue weighted by molar-refractivity contribution is 7.92. The number of rotatable bonds is 6. The van der Waals surface area contributed by atoms with Gasteiger partial charge in [0.2, 0.25) is 5.91 Å². The van der Waals surface area contributed by atoms with Crippen molar-refractivity contribution in [3.8, 4) is 0 Å². The topological polar surface area (TPSA) is 95.6 Å². The van der Waals surface area contributed by atoms with Crippen LogP contribution in [0.5, 0.6) is 0 Å². The summed E-state index contributed by atoms with van der Waals surface area (Å²) in [7, 11) is -3.80. The van der Waals surface area contributed by atoms with Crippen LogP contribution in [0.2, 0.25) is 0 Å². The lowest BCUT2D eigenvalue weighted by Crippen LogP contribution is -2.41. The zero-order valence-electron chi connectivity index (χ0n) is 19.8. The summed E-state index contributed by atoms with van der Waals surface area (Å²) in [5.74, 6) is -0.374. The second-order valence-electron chi connectivity index (χ2n) is 8.88. The van der Waals surface area contributed by atoms with E-state index in [4.69, 9.17) is 0 Å². The van der Waals surface area contributed by atoms with Crippen LogP contribution in [0.1, 0.15) is 34.3 Å². The second-order valence-corrected chi connectivity index (χ2v) is 10.5. The zero-order valence-corrected chi connectivity index (χ0v) is 20.6. The van der Waals surface area contributed by atoms with Gasteiger partial charge >= 0.3 is 0 Å². The van der Waals surface area contributed by atoms with Crippen LogP contribution < -0.4 is 10.0 Å². The Kier molecular flexibility index (Phi) is 7.21. The van der Waals surface area contributed by atoms with Gasteiger partial charge in [0.05, 0.1) is 4.90 Å². The molecule has 4 rings (SSSR count). The molecule has 0 bridgehead atoms. The molecular weight excluding hydrogens is 462 g/mol. The predicted octanol–water partition coefficient (Wildman–Crippen LogP) is 4.60. The van der Waals surface area contributed by atoms with Gasteiger partial charge in [-0.15, -0.1) is 0 Å². The molecule has 0 aliphatic carbocycles. The molecule has 0 atom stereocenters. The molecule has 1 heterocycles. The van der Waals surface area contributed by atoms with Crippen molar-refractivity contribution in [1.82, 2.24) is 4.90 Å². The Balaban J connectivity index is 1.39. The number of hydrogen-bond donors (Lipinski definition) is 2. The Labute approximate surface area is 206 Å². The van der Waals surface area contributed by atoms with Gasteiger partial charge in [0.25, 0.3) is 15.9 Å². The van der Waals surface area contributed by atoms with Crippen molar-refractivity contribution in [1.29, 1.82) is 0 Å². The summed E-state index contributed by atoms with van der Waals surface area (Å²) < 4.78 is 28.5. The lowest BCUT2D eigenvalue weighted by atomic mass is 9.95. The van der Waals surface area contributed by atoms with E-state index in [-0.39, 0.29) is 22.6 Å². The first-order valence-corrected chi connectivity index (χ1v) is 13.1. The smallest absolute Gasteiger partial charge is 0.262 e. The van der Waals surface area contributed by atoms with E-state index in [9.17, 15) is 18.0 Å². The molecule has 8 heteroatoms. The van der Waals surface area contributed by atoms with Gasteiger partial charge in [0.1, 0.15) is 0 Å². The van der Waals surface area contributed by atoms with E-state index in [1.807, 2.05) is 43.3 Å². The van der Waals surface area contributed by atoms with E-state index < -0.39 is 10.0 Å². The number of carbonyl (C=O) groups excluding carboxylic acids is 2.